The Kier molecular flexibility index (Phi) is 5.58. The Balaban J connectivity index is 1.47. The summed E-state index contributed by atoms with van der Waals surface area (Å²) in [6, 6.07) is 2.83. The van der Waals surface area contributed by atoms with Crippen LogP contribution >= 0.6 is 0 Å². The maximum Gasteiger partial charge on any atom is 0.391 e. The predicted octanol–water partition coefficient (Wildman–Crippen LogP) is 3.37. The first-order chi connectivity index (χ1) is 12.3. The molecule has 1 saturated carbocycles. The number of alkyl halides is 3. The number of amides is 2. The first kappa shape index (κ1) is 18.8. The summed E-state index contributed by atoms with van der Waals surface area (Å²) in [6.45, 7) is 0.876. The largest absolute Gasteiger partial charge is 0.459 e. The van der Waals surface area contributed by atoms with E-state index in [4.69, 9.17) is 4.42 Å². The number of hydrogen-bond acceptors (Lipinski definition) is 3. The molecule has 2 unspecified atom stereocenters. The minimum absolute atomic E-state index is 0.0366. The van der Waals surface area contributed by atoms with Crippen molar-refractivity contribution < 1.29 is 27.2 Å². The Hall–Kier alpha value is -1.99. The molecule has 1 saturated heterocycles. The summed E-state index contributed by atoms with van der Waals surface area (Å²) in [7, 11) is 0. The number of hydrogen-bond donors (Lipinski definition) is 1. The molecule has 26 heavy (non-hydrogen) atoms. The minimum Gasteiger partial charge on any atom is -0.459 e. The van der Waals surface area contributed by atoms with Crippen LogP contribution in [0.4, 0.5) is 13.2 Å². The third kappa shape index (κ3) is 4.40. The molecule has 2 amide bonds. The molecule has 144 valence electrons. The molecule has 1 aliphatic heterocycles. The van der Waals surface area contributed by atoms with Gasteiger partial charge in [0.25, 0.3) is 5.91 Å². The number of carbonyl (C=O) groups is 2. The second-order valence-electron chi connectivity index (χ2n) is 7.15. The number of rotatable bonds is 3. The molecule has 1 aromatic heterocycles. The van der Waals surface area contributed by atoms with Crippen molar-refractivity contribution in [1.29, 1.82) is 0 Å². The molecule has 2 fully saturated rings. The smallest absolute Gasteiger partial charge is 0.391 e. The zero-order valence-electron chi connectivity index (χ0n) is 14.4. The van der Waals surface area contributed by atoms with Gasteiger partial charge in [0.05, 0.1) is 12.2 Å². The van der Waals surface area contributed by atoms with E-state index in [1.54, 1.807) is 17.0 Å². The van der Waals surface area contributed by atoms with Crippen LogP contribution in [0.2, 0.25) is 0 Å². The Labute approximate surface area is 149 Å². The highest BCUT2D eigenvalue weighted by atomic mass is 19.4. The van der Waals surface area contributed by atoms with E-state index in [1.807, 2.05) is 0 Å². The van der Waals surface area contributed by atoms with Crippen molar-refractivity contribution in [3.05, 3.63) is 24.2 Å². The lowest BCUT2D eigenvalue weighted by Gasteiger charge is -2.34. The third-order valence-corrected chi connectivity index (χ3v) is 5.37. The molecule has 0 aromatic carbocycles. The van der Waals surface area contributed by atoms with Gasteiger partial charge in [0.15, 0.2) is 5.76 Å². The predicted molar refractivity (Wildman–Crippen MR) is 87.3 cm³/mol. The molecule has 3 rings (SSSR count). The van der Waals surface area contributed by atoms with Crippen molar-refractivity contribution >= 4 is 11.8 Å². The molecule has 5 nitrogen and oxygen atoms in total. The quantitative estimate of drug-likeness (QED) is 0.885. The van der Waals surface area contributed by atoms with Crippen molar-refractivity contribution in [3.8, 4) is 0 Å². The van der Waals surface area contributed by atoms with Crippen molar-refractivity contribution in [1.82, 2.24) is 10.2 Å². The summed E-state index contributed by atoms with van der Waals surface area (Å²) in [5.74, 6) is -1.71. The van der Waals surface area contributed by atoms with Crippen molar-refractivity contribution in [2.24, 2.45) is 11.8 Å². The van der Waals surface area contributed by atoms with Crippen LogP contribution in [0.25, 0.3) is 0 Å². The van der Waals surface area contributed by atoms with Gasteiger partial charge in [-0.1, -0.05) is 6.42 Å². The van der Waals surface area contributed by atoms with Gasteiger partial charge in [0, 0.05) is 25.0 Å². The first-order valence-electron chi connectivity index (χ1n) is 9.04. The van der Waals surface area contributed by atoms with Crippen LogP contribution < -0.4 is 5.32 Å². The van der Waals surface area contributed by atoms with Gasteiger partial charge in [-0.05, 0) is 44.2 Å². The monoisotopic (exact) mass is 372 g/mol. The molecule has 0 radical (unpaired) electrons. The van der Waals surface area contributed by atoms with E-state index in [0.717, 1.165) is 0 Å². The van der Waals surface area contributed by atoms with Gasteiger partial charge in [-0.3, -0.25) is 9.59 Å². The number of nitrogens with one attached hydrogen (secondary N) is 1. The van der Waals surface area contributed by atoms with Crippen LogP contribution in [0, 0.1) is 11.8 Å². The Bertz CT molecular complexity index is 622. The molecular formula is C18H23F3N2O3. The molecule has 0 spiro atoms. The van der Waals surface area contributed by atoms with Crippen molar-refractivity contribution in [2.45, 2.75) is 50.7 Å². The summed E-state index contributed by atoms with van der Waals surface area (Å²) in [5.41, 5.74) is 0. The van der Waals surface area contributed by atoms with Gasteiger partial charge in [0.2, 0.25) is 5.91 Å². The van der Waals surface area contributed by atoms with E-state index < -0.39 is 18.1 Å². The highest BCUT2D eigenvalue weighted by Gasteiger charge is 2.42. The lowest BCUT2D eigenvalue weighted by atomic mass is 9.84. The zero-order valence-corrected chi connectivity index (χ0v) is 14.4. The molecule has 1 aromatic rings. The average molecular weight is 372 g/mol. The summed E-state index contributed by atoms with van der Waals surface area (Å²) < 4.78 is 43.8. The Morgan fingerprint density at radius 1 is 1.15 bits per heavy atom. The van der Waals surface area contributed by atoms with Gasteiger partial charge < -0.3 is 14.6 Å². The molecular weight excluding hydrogens is 349 g/mol. The SMILES string of the molecule is O=C(NC1CCCC(C(F)(F)F)C1)C1CCN(C(=O)c2ccco2)CC1. The fourth-order valence-electron chi connectivity index (χ4n) is 3.84. The molecule has 2 aliphatic rings. The molecule has 1 aliphatic carbocycles. The van der Waals surface area contributed by atoms with Gasteiger partial charge in [-0.25, -0.2) is 0 Å². The fraction of sp³-hybridized carbons (Fsp3) is 0.667. The van der Waals surface area contributed by atoms with E-state index in [1.165, 1.54) is 6.26 Å². The average Bonchev–Trinajstić information content (AvgIpc) is 3.15. The van der Waals surface area contributed by atoms with Crippen LogP contribution in [0.3, 0.4) is 0 Å². The number of piperidine rings is 1. The highest BCUT2D eigenvalue weighted by Crippen LogP contribution is 2.37. The Morgan fingerprint density at radius 2 is 1.88 bits per heavy atom. The van der Waals surface area contributed by atoms with Crippen LogP contribution in [0.15, 0.2) is 22.8 Å². The van der Waals surface area contributed by atoms with Crippen LogP contribution in [-0.2, 0) is 4.79 Å². The number of carbonyl (C=O) groups excluding carboxylic acids is 2. The van der Waals surface area contributed by atoms with E-state index in [-0.39, 0.29) is 36.3 Å². The van der Waals surface area contributed by atoms with Crippen molar-refractivity contribution in [2.75, 3.05) is 13.1 Å². The summed E-state index contributed by atoms with van der Waals surface area (Å²) >= 11 is 0. The Morgan fingerprint density at radius 3 is 2.50 bits per heavy atom. The summed E-state index contributed by atoms with van der Waals surface area (Å²) in [4.78, 5) is 26.3. The van der Waals surface area contributed by atoms with Gasteiger partial charge in [-0.2, -0.15) is 13.2 Å². The maximum absolute atomic E-state index is 12.9. The highest BCUT2D eigenvalue weighted by molar-refractivity contribution is 5.91. The van der Waals surface area contributed by atoms with Crippen LogP contribution in [0.5, 0.6) is 0 Å². The van der Waals surface area contributed by atoms with Crippen LogP contribution in [-0.4, -0.2) is 42.0 Å². The minimum atomic E-state index is -4.19. The zero-order chi connectivity index (χ0) is 18.7. The lowest BCUT2D eigenvalue weighted by molar-refractivity contribution is -0.184. The number of halogens is 3. The summed E-state index contributed by atoms with van der Waals surface area (Å²) in [6.07, 6.45) is -0.568. The topological polar surface area (TPSA) is 62.6 Å². The summed E-state index contributed by atoms with van der Waals surface area (Å²) in [5, 5.41) is 2.80. The van der Waals surface area contributed by atoms with Gasteiger partial charge >= 0.3 is 6.18 Å². The lowest BCUT2D eigenvalue weighted by Crippen LogP contribution is -2.47. The maximum atomic E-state index is 12.9. The molecule has 2 heterocycles. The second-order valence-corrected chi connectivity index (χ2v) is 7.15. The normalized spacial score (nSPS) is 25.1. The van der Waals surface area contributed by atoms with Crippen LogP contribution in [0.1, 0.15) is 49.1 Å². The van der Waals surface area contributed by atoms with Gasteiger partial charge in [0.1, 0.15) is 0 Å². The molecule has 8 heteroatoms. The third-order valence-electron chi connectivity index (χ3n) is 5.37. The van der Waals surface area contributed by atoms with E-state index in [2.05, 4.69) is 5.32 Å². The molecule has 1 N–H and O–H groups in total. The number of nitrogens with zero attached hydrogens (tertiary/aromatic N) is 1. The standard InChI is InChI=1S/C18H23F3N2O3/c19-18(20,21)13-3-1-4-14(11-13)22-16(24)12-6-8-23(9-7-12)17(25)15-5-2-10-26-15/h2,5,10,12-14H,1,3-4,6-9,11H2,(H,22,24). The second kappa shape index (κ2) is 7.72. The number of likely N-dealkylation sites (tertiary alicyclic amines) is 1. The molecule has 0 bridgehead atoms. The van der Waals surface area contributed by atoms with E-state index in [9.17, 15) is 22.8 Å². The molecule has 2 atom stereocenters. The fourth-order valence-corrected chi connectivity index (χ4v) is 3.84. The number of furan rings is 1. The van der Waals surface area contributed by atoms with Gasteiger partial charge in [-0.15, -0.1) is 0 Å². The van der Waals surface area contributed by atoms with E-state index >= 15 is 0 Å². The van der Waals surface area contributed by atoms with Crippen molar-refractivity contribution in [3.63, 3.8) is 0 Å². The first-order valence-corrected chi connectivity index (χ1v) is 9.04. The van der Waals surface area contributed by atoms with E-state index in [0.29, 0.717) is 38.8 Å².